The zero-order valence-electron chi connectivity index (χ0n) is 18.0. The molecule has 2 heterocycles. The normalized spacial score (nSPS) is 24.4. The average Bonchev–Trinajstić information content (AvgIpc) is 3.38. The highest BCUT2D eigenvalue weighted by Crippen LogP contribution is 2.37. The van der Waals surface area contributed by atoms with Crippen molar-refractivity contribution in [1.29, 1.82) is 0 Å². The molecule has 0 aromatic heterocycles. The zero-order chi connectivity index (χ0) is 22.1. The van der Waals surface area contributed by atoms with Crippen LogP contribution in [0.1, 0.15) is 24.0 Å². The summed E-state index contributed by atoms with van der Waals surface area (Å²) >= 11 is 0. The minimum absolute atomic E-state index is 0.0474. The van der Waals surface area contributed by atoms with Crippen LogP contribution in [-0.4, -0.2) is 48.4 Å². The number of hydrogen-bond acceptors (Lipinski definition) is 3. The van der Waals surface area contributed by atoms with Crippen molar-refractivity contribution in [1.82, 2.24) is 15.5 Å². The van der Waals surface area contributed by atoms with Gasteiger partial charge in [-0.1, -0.05) is 48.5 Å². The summed E-state index contributed by atoms with van der Waals surface area (Å²) in [6.45, 7) is 1.65. The smallest absolute Gasteiger partial charge is 0.318 e. The van der Waals surface area contributed by atoms with E-state index in [0.717, 1.165) is 17.7 Å². The van der Waals surface area contributed by atoms with Gasteiger partial charge in [0.1, 0.15) is 6.54 Å². The number of amides is 4. The number of anilines is 1. The van der Waals surface area contributed by atoms with E-state index >= 15 is 0 Å². The van der Waals surface area contributed by atoms with Gasteiger partial charge in [-0.2, -0.15) is 0 Å². The molecule has 2 aromatic rings. The van der Waals surface area contributed by atoms with Crippen LogP contribution in [0.4, 0.5) is 10.5 Å². The van der Waals surface area contributed by atoms with Crippen molar-refractivity contribution in [3.63, 3.8) is 0 Å². The fourth-order valence-corrected chi connectivity index (χ4v) is 5.31. The SMILES string of the molecule is O=C1CN(C(=O)NCc2ccccc2)C[C@H]2C[C@H](C(=O)N3CCc4ccccc43)C[C@H]2N1. The molecule has 5 rings (SSSR count). The zero-order valence-corrected chi connectivity index (χ0v) is 18.0. The molecule has 3 atom stereocenters. The van der Waals surface area contributed by atoms with E-state index < -0.39 is 0 Å². The molecular weight excluding hydrogens is 404 g/mol. The first-order valence-electron chi connectivity index (χ1n) is 11.3. The number of nitrogens with zero attached hydrogens (tertiary/aromatic N) is 2. The number of hydrogen-bond donors (Lipinski definition) is 2. The molecule has 2 aliphatic heterocycles. The highest BCUT2D eigenvalue weighted by molar-refractivity contribution is 5.97. The van der Waals surface area contributed by atoms with Crippen LogP contribution in [0.3, 0.4) is 0 Å². The fraction of sp³-hybridized carbons (Fsp3) is 0.400. The van der Waals surface area contributed by atoms with Gasteiger partial charge in [-0.3, -0.25) is 9.59 Å². The molecule has 3 aliphatic rings. The maximum atomic E-state index is 13.3. The minimum Gasteiger partial charge on any atom is -0.351 e. The van der Waals surface area contributed by atoms with E-state index in [0.29, 0.717) is 32.5 Å². The first-order chi connectivity index (χ1) is 15.6. The lowest BCUT2D eigenvalue weighted by atomic mass is 10.0. The van der Waals surface area contributed by atoms with Crippen molar-refractivity contribution < 1.29 is 14.4 Å². The Labute approximate surface area is 187 Å². The van der Waals surface area contributed by atoms with Crippen LogP contribution in [0.5, 0.6) is 0 Å². The predicted molar refractivity (Wildman–Crippen MR) is 121 cm³/mol. The molecule has 0 radical (unpaired) electrons. The highest BCUT2D eigenvalue weighted by atomic mass is 16.2. The molecule has 0 bridgehead atoms. The molecule has 0 unspecified atom stereocenters. The summed E-state index contributed by atoms with van der Waals surface area (Å²) in [6.07, 6.45) is 2.20. The van der Waals surface area contributed by atoms with Gasteiger partial charge >= 0.3 is 6.03 Å². The van der Waals surface area contributed by atoms with Crippen LogP contribution in [0.25, 0.3) is 0 Å². The van der Waals surface area contributed by atoms with E-state index in [1.807, 2.05) is 53.4 Å². The second kappa shape index (κ2) is 8.65. The van der Waals surface area contributed by atoms with E-state index in [-0.39, 0.29) is 42.3 Å². The third-order valence-electron chi connectivity index (χ3n) is 6.91. The van der Waals surface area contributed by atoms with Crippen LogP contribution in [0, 0.1) is 11.8 Å². The Morgan fingerprint density at radius 2 is 1.81 bits per heavy atom. The van der Waals surface area contributed by atoms with Gasteiger partial charge in [-0.25, -0.2) is 4.79 Å². The van der Waals surface area contributed by atoms with Crippen LogP contribution in [0.15, 0.2) is 54.6 Å². The maximum absolute atomic E-state index is 13.3. The molecule has 2 aromatic carbocycles. The molecule has 4 amide bonds. The number of fused-ring (bicyclic) bond motifs is 2. The van der Waals surface area contributed by atoms with Crippen molar-refractivity contribution in [2.24, 2.45) is 11.8 Å². The molecule has 7 heteroatoms. The lowest BCUT2D eigenvalue weighted by Gasteiger charge is -2.24. The number of rotatable bonds is 3. The highest BCUT2D eigenvalue weighted by Gasteiger charge is 2.44. The largest absolute Gasteiger partial charge is 0.351 e. The van der Waals surface area contributed by atoms with Crippen LogP contribution < -0.4 is 15.5 Å². The van der Waals surface area contributed by atoms with Gasteiger partial charge in [0.25, 0.3) is 0 Å². The quantitative estimate of drug-likeness (QED) is 0.781. The standard InChI is InChI=1S/C25H28N4O3/c30-23-16-28(25(32)26-14-17-6-2-1-3-7-17)15-20-12-19(13-21(20)27-23)24(31)29-11-10-18-8-4-5-9-22(18)29/h1-9,19-21H,10-16H2,(H,26,32)(H,27,30)/t19-,20+,21+/m0/s1. The second-order valence-electron chi connectivity index (χ2n) is 9.00. The topological polar surface area (TPSA) is 81.8 Å². The lowest BCUT2D eigenvalue weighted by Crippen LogP contribution is -2.44. The number of benzene rings is 2. The maximum Gasteiger partial charge on any atom is 0.318 e. The summed E-state index contributed by atoms with van der Waals surface area (Å²) in [5, 5.41) is 5.98. The van der Waals surface area contributed by atoms with Crippen molar-refractivity contribution in [2.75, 3.05) is 24.5 Å². The van der Waals surface area contributed by atoms with Gasteiger partial charge in [0.15, 0.2) is 0 Å². The molecule has 1 saturated carbocycles. The van der Waals surface area contributed by atoms with Crippen molar-refractivity contribution in [2.45, 2.75) is 31.8 Å². The van der Waals surface area contributed by atoms with Crippen molar-refractivity contribution in [3.8, 4) is 0 Å². The molecule has 166 valence electrons. The summed E-state index contributed by atoms with van der Waals surface area (Å²) in [6, 6.07) is 17.4. The van der Waals surface area contributed by atoms with E-state index in [1.54, 1.807) is 4.90 Å². The number of nitrogens with one attached hydrogen (secondary N) is 2. The van der Waals surface area contributed by atoms with Crippen LogP contribution in [-0.2, 0) is 22.6 Å². The van der Waals surface area contributed by atoms with Crippen molar-refractivity contribution >= 4 is 23.5 Å². The average molecular weight is 433 g/mol. The molecule has 7 nitrogen and oxygen atoms in total. The van der Waals surface area contributed by atoms with Crippen LogP contribution >= 0.6 is 0 Å². The summed E-state index contributed by atoms with van der Waals surface area (Å²) in [7, 11) is 0. The third-order valence-corrected chi connectivity index (χ3v) is 6.91. The number of urea groups is 1. The number of carbonyl (C=O) groups excluding carboxylic acids is 3. The Hall–Kier alpha value is -3.35. The van der Waals surface area contributed by atoms with Gasteiger partial charge in [0.05, 0.1) is 0 Å². The predicted octanol–water partition coefficient (Wildman–Crippen LogP) is 2.31. The molecule has 2 fully saturated rings. The first-order valence-corrected chi connectivity index (χ1v) is 11.3. The first kappa shape index (κ1) is 20.5. The molecule has 2 N–H and O–H groups in total. The van der Waals surface area contributed by atoms with Gasteiger partial charge in [-0.15, -0.1) is 0 Å². The Morgan fingerprint density at radius 1 is 1.03 bits per heavy atom. The van der Waals surface area contributed by atoms with Gasteiger partial charge in [0, 0.05) is 37.3 Å². The van der Waals surface area contributed by atoms with Crippen molar-refractivity contribution in [3.05, 3.63) is 65.7 Å². The summed E-state index contributed by atoms with van der Waals surface area (Å²) in [4.78, 5) is 42.1. The Kier molecular flexibility index (Phi) is 5.55. The molecule has 32 heavy (non-hydrogen) atoms. The van der Waals surface area contributed by atoms with Gasteiger partial charge < -0.3 is 20.4 Å². The Morgan fingerprint density at radius 3 is 2.66 bits per heavy atom. The fourth-order valence-electron chi connectivity index (χ4n) is 5.31. The number of para-hydroxylation sites is 1. The monoisotopic (exact) mass is 432 g/mol. The van der Waals surface area contributed by atoms with Gasteiger partial charge in [-0.05, 0) is 42.4 Å². The number of carbonyl (C=O) groups is 3. The Balaban J connectivity index is 1.23. The molecule has 0 spiro atoms. The summed E-state index contributed by atoms with van der Waals surface area (Å²) < 4.78 is 0. The second-order valence-corrected chi connectivity index (χ2v) is 9.00. The molecular formula is C25H28N4O3. The van der Waals surface area contributed by atoms with Gasteiger partial charge in [0.2, 0.25) is 11.8 Å². The van der Waals surface area contributed by atoms with E-state index in [4.69, 9.17) is 0 Å². The van der Waals surface area contributed by atoms with E-state index in [9.17, 15) is 14.4 Å². The Bertz CT molecular complexity index is 1020. The van der Waals surface area contributed by atoms with Crippen LogP contribution in [0.2, 0.25) is 0 Å². The van der Waals surface area contributed by atoms with E-state index in [1.165, 1.54) is 5.56 Å². The molecule has 1 aliphatic carbocycles. The minimum atomic E-state index is -0.243. The summed E-state index contributed by atoms with van der Waals surface area (Å²) in [5.74, 6) is -0.0798. The third kappa shape index (κ3) is 4.07. The lowest BCUT2D eigenvalue weighted by molar-refractivity contribution is -0.123. The summed E-state index contributed by atoms with van der Waals surface area (Å²) in [5.41, 5.74) is 3.23. The molecule has 1 saturated heterocycles. The van der Waals surface area contributed by atoms with E-state index in [2.05, 4.69) is 16.7 Å².